The Morgan fingerprint density at radius 1 is 1.26 bits per heavy atom. The van der Waals surface area contributed by atoms with Crippen LogP contribution < -0.4 is 0 Å². The van der Waals surface area contributed by atoms with Gasteiger partial charge in [-0.25, -0.2) is 0 Å². The van der Waals surface area contributed by atoms with Crippen molar-refractivity contribution < 1.29 is 0 Å². The fourth-order valence-corrected chi connectivity index (χ4v) is 4.57. The van der Waals surface area contributed by atoms with Crippen LogP contribution in [0.15, 0.2) is 17.5 Å². The van der Waals surface area contributed by atoms with Crippen molar-refractivity contribution in [3.8, 4) is 0 Å². The van der Waals surface area contributed by atoms with Crippen LogP contribution in [0, 0.1) is 0 Å². The number of hydrogen-bond donors (Lipinski definition) is 0. The van der Waals surface area contributed by atoms with Gasteiger partial charge in [0.05, 0.1) is 0 Å². The standard InChI is InChI=1S/C16H26N2S/c1-16(2,15-7-4-11-19-15)13-17-8-5-10-18-9-3-6-14(18)12-17/h4,7,11,14H,3,5-6,8-10,12-13H2,1-2H3. The van der Waals surface area contributed by atoms with Crippen LogP contribution in [0.1, 0.15) is 38.0 Å². The summed E-state index contributed by atoms with van der Waals surface area (Å²) in [4.78, 5) is 6.97. The number of fused-ring (bicyclic) bond motifs is 1. The van der Waals surface area contributed by atoms with Crippen molar-refractivity contribution in [3.63, 3.8) is 0 Å². The predicted octanol–water partition coefficient (Wildman–Crippen LogP) is 3.20. The molecule has 0 N–H and O–H groups in total. The minimum atomic E-state index is 0.294. The summed E-state index contributed by atoms with van der Waals surface area (Å²) in [6.07, 6.45) is 4.17. The fraction of sp³-hybridized carbons (Fsp3) is 0.750. The molecular weight excluding hydrogens is 252 g/mol. The van der Waals surface area contributed by atoms with E-state index in [1.165, 1.54) is 56.9 Å². The molecule has 1 atom stereocenters. The molecule has 0 aromatic carbocycles. The van der Waals surface area contributed by atoms with Crippen LogP contribution in [0.4, 0.5) is 0 Å². The van der Waals surface area contributed by atoms with Gasteiger partial charge in [0.15, 0.2) is 0 Å². The molecule has 0 bridgehead atoms. The van der Waals surface area contributed by atoms with Gasteiger partial charge in [0, 0.05) is 29.4 Å². The lowest BCUT2D eigenvalue weighted by molar-refractivity contribution is 0.195. The molecule has 3 rings (SSSR count). The molecule has 2 aliphatic rings. The quantitative estimate of drug-likeness (QED) is 0.838. The van der Waals surface area contributed by atoms with E-state index in [4.69, 9.17) is 0 Å². The molecule has 1 unspecified atom stereocenters. The van der Waals surface area contributed by atoms with E-state index >= 15 is 0 Å². The van der Waals surface area contributed by atoms with Crippen LogP contribution in [0.3, 0.4) is 0 Å². The monoisotopic (exact) mass is 278 g/mol. The highest BCUT2D eigenvalue weighted by atomic mass is 32.1. The zero-order valence-electron chi connectivity index (χ0n) is 12.3. The maximum atomic E-state index is 2.72. The highest BCUT2D eigenvalue weighted by molar-refractivity contribution is 7.10. The van der Waals surface area contributed by atoms with Gasteiger partial charge in [0.1, 0.15) is 0 Å². The molecule has 0 spiro atoms. The van der Waals surface area contributed by atoms with Gasteiger partial charge in [-0.15, -0.1) is 11.3 Å². The van der Waals surface area contributed by atoms with Gasteiger partial charge in [-0.1, -0.05) is 19.9 Å². The Morgan fingerprint density at radius 2 is 2.11 bits per heavy atom. The van der Waals surface area contributed by atoms with Gasteiger partial charge in [0.2, 0.25) is 0 Å². The number of rotatable bonds is 3. The zero-order chi connectivity index (χ0) is 13.3. The van der Waals surface area contributed by atoms with Crippen LogP contribution in [-0.2, 0) is 5.41 Å². The van der Waals surface area contributed by atoms with Crippen molar-refractivity contribution in [3.05, 3.63) is 22.4 Å². The topological polar surface area (TPSA) is 6.48 Å². The summed E-state index contributed by atoms with van der Waals surface area (Å²) in [6, 6.07) is 5.31. The molecular formula is C16H26N2S. The van der Waals surface area contributed by atoms with Crippen molar-refractivity contribution in [1.29, 1.82) is 0 Å². The second-order valence-electron chi connectivity index (χ2n) is 6.78. The van der Waals surface area contributed by atoms with Gasteiger partial charge >= 0.3 is 0 Å². The van der Waals surface area contributed by atoms with E-state index in [9.17, 15) is 0 Å². The van der Waals surface area contributed by atoms with E-state index in [1.54, 1.807) is 0 Å². The summed E-state index contributed by atoms with van der Waals surface area (Å²) in [5, 5.41) is 2.21. The second kappa shape index (κ2) is 5.55. The summed E-state index contributed by atoms with van der Waals surface area (Å²) in [7, 11) is 0. The van der Waals surface area contributed by atoms with Gasteiger partial charge in [-0.05, 0) is 50.3 Å². The smallest absolute Gasteiger partial charge is 0.0223 e. The number of thiophene rings is 1. The summed E-state index contributed by atoms with van der Waals surface area (Å²) in [6.45, 7) is 11.2. The van der Waals surface area contributed by atoms with Crippen LogP contribution in [0.2, 0.25) is 0 Å². The number of nitrogens with zero attached hydrogens (tertiary/aromatic N) is 2. The lowest BCUT2D eigenvalue weighted by Crippen LogP contribution is -2.41. The first-order valence-electron chi connectivity index (χ1n) is 7.65. The largest absolute Gasteiger partial charge is 0.301 e. The Kier molecular flexibility index (Phi) is 3.97. The fourth-order valence-electron chi connectivity index (χ4n) is 3.73. The summed E-state index contributed by atoms with van der Waals surface area (Å²) in [5.41, 5.74) is 0.294. The maximum absolute atomic E-state index is 2.72. The Morgan fingerprint density at radius 3 is 2.89 bits per heavy atom. The molecule has 3 heteroatoms. The first-order valence-corrected chi connectivity index (χ1v) is 8.53. The van der Waals surface area contributed by atoms with Crippen molar-refractivity contribution in [2.75, 3.05) is 32.7 Å². The van der Waals surface area contributed by atoms with E-state index < -0.39 is 0 Å². The summed E-state index contributed by atoms with van der Waals surface area (Å²) < 4.78 is 0. The SMILES string of the molecule is CC(C)(CN1CCCN2CCCC2C1)c1cccs1. The average molecular weight is 278 g/mol. The molecule has 0 amide bonds. The lowest BCUT2D eigenvalue weighted by Gasteiger charge is -2.33. The van der Waals surface area contributed by atoms with E-state index in [2.05, 4.69) is 41.2 Å². The third kappa shape index (κ3) is 3.04. The van der Waals surface area contributed by atoms with Crippen LogP contribution in [0.5, 0.6) is 0 Å². The molecule has 2 aliphatic heterocycles. The van der Waals surface area contributed by atoms with Crippen LogP contribution >= 0.6 is 11.3 Å². The summed E-state index contributed by atoms with van der Waals surface area (Å²) in [5.74, 6) is 0. The first kappa shape index (κ1) is 13.6. The molecule has 3 heterocycles. The second-order valence-corrected chi connectivity index (χ2v) is 7.73. The highest BCUT2D eigenvalue weighted by Gasteiger charge is 2.31. The van der Waals surface area contributed by atoms with Gasteiger partial charge in [-0.2, -0.15) is 0 Å². The molecule has 19 heavy (non-hydrogen) atoms. The molecule has 2 fully saturated rings. The average Bonchev–Trinajstić information content (AvgIpc) is 2.99. The van der Waals surface area contributed by atoms with Gasteiger partial charge < -0.3 is 4.90 Å². The highest BCUT2D eigenvalue weighted by Crippen LogP contribution is 2.30. The van der Waals surface area contributed by atoms with Crippen molar-refractivity contribution >= 4 is 11.3 Å². The molecule has 0 saturated carbocycles. The molecule has 106 valence electrons. The Bertz CT molecular complexity index is 399. The van der Waals surface area contributed by atoms with Crippen LogP contribution in [-0.4, -0.2) is 48.6 Å². The third-order valence-electron chi connectivity index (χ3n) is 4.69. The molecule has 0 radical (unpaired) electrons. The van der Waals surface area contributed by atoms with Crippen molar-refractivity contribution in [2.24, 2.45) is 0 Å². The van der Waals surface area contributed by atoms with Crippen molar-refractivity contribution in [1.82, 2.24) is 9.80 Å². The van der Waals surface area contributed by atoms with Crippen LogP contribution in [0.25, 0.3) is 0 Å². The zero-order valence-corrected chi connectivity index (χ0v) is 13.1. The third-order valence-corrected chi connectivity index (χ3v) is 5.93. The molecule has 0 aliphatic carbocycles. The predicted molar refractivity (Wildman–Crippen MR) is 83.0 cm³/mol. The molecule has 1 aromatic heterocycles. The molecule has 2 saturated heterocycles. The number of hydrogen-bond acceptors (Lipinski definition) is 3. The summed E-state index contributed by atoms with van der Waals surface area (Å²) >= 11 is 1.91. The van der Waals surface area contributed by atoms with Gasteiger partial charge in [-0.3, -0.25) is 4.90 Å². The Balaban J connectivity index is 1.65. The molecule has 1 aromatic rings. The normalized spacial score (nSPS) is 26.3. The van der Waals surface area contributed by atoms with E-state index in [1.807, 2.05) is 11.3 Å². The van der Waals surface area contributed by atoms with E-state index in [-0.39, 0.29) is 0 Å². The first-order chi connectivity index (χ1) is 9.15. The maximum Gasteiger partial charge on any atom is 0.0223 e. The molecule has 2 nitrogen and oxygen atoms in total. The van der Waals surface area contributed by atoms with E-state index in [0.29, 0.717) is 5.41 Å². The van der Waals surface area contributed by atoms with Crippen molar-refractivity contribution in [2.45, 2.75) is 44.6 Å². The minimum absolute atomic E-state index is 0.294. The van der Waals surface area contributed by atoms with Gasteiger partial charge in [0.25, 0.3) is 0 Å². The Labute approximate surface area is 121 Å². The lowest BCUT2D eigenvalue weighted by atomic mass is 9.90. The Hall–Kier alpha value is -0.380. The van der Waals surface area contributed by atoms with E-state index in [0.717, 1.165) is 6.04 Å². The minimum Gasteiger partial charge on any atom is -0.301 e.